The van der Waals surface area contributed by atoms with Crippen molar-refractivity contribution in [2.45, 2.75) is 17.9 Å². The second kappa shape index (κ2) is 8.97. The Kier molecular flexibility index (Phi) is 6.40. The highest BCUT2D eigenvalue weighted by molar-refractivity contribution is 7.89. The lowest BCUT2D eigenvalue weighted by atomic mass is 10.1. The number of methoxy groups -OCH3 is 1. The van der Waals surface area contributed by atoms with E-state index in [9.17, 15) is 17.6 Å². The highest BCUT2D eigenvalue weighted by Crippen LogP contribution is 2.20. The summed E-state index contributed by atoms with van der Waals surface area (Å²) in [6.07, 6.45) is 0.336. The van der Waals surface area contributed by atoms with E-state index in [2.05, 4.69) is 9.82 Å². The van der Waals surface area contributed by atoms with E-state index in [1.807, 2.05) is 30.3 Å². The summed E-state index contributed by atoms with van der Waals surface area (Å²) in [6, 6.07) is 15.9. The molecule has 3 aromatic rings. The van der Waals surface area contributed by atoms with Crippen LogP contribution in [0.2, 0.25) is 0 Å². The Morgan fingerprint density at radius 2 is 1.86 bits per heavy atom. The normalized spacial score (nSPS) is 11.4. The molecular formula is C20H20FN3O4S. The number of nitrogens with zero attached hydrogens (tertiary/aromatic N) is 2. The number of aromatic nitrogens is 2. The zero-order chi connectivity index (χ0) is 20.9. The van der Waals surface area contributed by atoms with Crippen LogP contribution in [0.3, 0.4) is 0 Å². The van der Waals surface area contributed by atoms with Gasteiger partial charge in [0.15, 0.2) is 11.6 Å². The number of sulfonamides is 1. The third-order valence-corrected chi connectivity index (χ3v) is 5.67. The molecule has 0 atom stereocenters. The highest BCUT2D eigenvalue weighted by atomic mass is 32.2. The van der Waals surface area contributed by atoms with Crippen LogP contribution in [0.1, 0.15) is 6.42 Å². The van der Waals surface area contributed by atoms with Gasteiger partial charge < -0.3 is 4.74 Å². The Hall–Kier alpha value is -3.04. The van der Waals surface area contributed by atoms with E-state index >= 15 is 0 Å². The lowest BCUT2D eigenvalue weighted by Crippen LogP contribution is -2.28. The summed E-state index contributed by atoms with van der Waals surface area (Å²) in [4.78, 5) is 11.8. The second-order valence-electron chi connectivity index (χ2n) is 6.19. The summed E-state index contributed by atoms with van der Waals surface area (Å²) in [7, 11) is -2.58. The quantitative estimate of drug-likeness (QED) is 0.569. The summed E-state index contributed by atoms with van der Waals surface area (Å²) >= 11 is 0. The Labute approximate surface area is 167 Å². The van der Waals surface area contributed by atoms with Crippen molar-refractivity contribution >= 4 is 10.0 Å². The van der Waals surface area contributed by atoms with E-state index in [4.69, 9.17) is 4.74 Å². The van der Waals surface area contributed by atoms with Crippen molar-refractivity contribution in [2.24, 2.45) is 0 Å². The van der Waals surface area contributed by atoms with E-state index in [-0.39, 0.29) is 29.3 Å². The first-order valence-corrected chi connectivity index (χ1v) is 10.4. The standard InChI is InChI=1S/C20H20FN3O4S/c1-28-19-10-8-16(14-17(19)21)29(26,27)22-12-5-13-24-20(25)11-9-18(23-24)15-6-3-2-4-7-15/h2-4,6-11,14,22H,5,12-13H2,1H3. The molecule has 9 heteroatoms. The van der Waals surface area contributed by atoms with Crippen molar-refractivity contribution in [3.8, 4) is 17.0 Å². The van der Waals surface area contributed by atoms with Crippen LogP contribution in [0.4, 0.5) is 4.39 Å². The van der Waals surface area contributed by atoms with Crippen LogP contribution in [0.25, 0.3) is 11.3 Å². The number of hydrogen-bond acceptors (Lipinski definition) is 5. The largest absolute Gasteiger partial charge is 0.494 e. The number of benzene rings is 2. The topological polar surface area (TPSA) is 90.3 Å². The van der Waals surface area contributed by atoms with Crippen molar-refractivity contribution in [1.82, 2.24) is 14.5 Å². The lowest BCUT2D eigenvalue weighted by Gasteiger charge is -2.10. The summed E-state index contributed by atoms with van der Waals surface area (Å²) < 4.78 is 46.8. The maximum atomic E-state index is 13.7. The molecule has 0 radical (unpaired) electrons. The summed E-state index contributed by atoms with van der Waals surface area (Å²) in [5.41, 5.74) is 1.26. The summed E-state index contributed by atoms with van der Waals surface area (Å²) in [5, 5.41) is 4.33. The molecular weight excluding hydrogens is 397 g/mol. The minimum atomic E-state index is -3.88. The maximum absolute atomic E-state index is 13.7. The molecule has 1 heterocycles. The van der Waals surface area contributed by atoms with Crippen LogP contribution in [0, 0.1) is 5.82 Å². The Morgan fingerprint density at radius 1 is 1.10 bits per heavy atom. The van der Waals surface area contributed by atoms with E-state index in [1.54, 1.807) is 6.07 Å². The number of rotatable bonds is 8. The molecule has 0 aliphatic carbocycles. The molecule has 2 aromatic carbocycles. The number of nitrogens with one attached hydrogen (secondary N) is 1. The zero-order valence-corrected chi connectivity index (χ0v) is 16.5. The molecule has 0 spiro atoms. The second-order valence-corrected chi connectivity index (χ2v) is 7.96. The highest BCUT2D eigenvalue weighted by Gasteiger charge is 2.16. The van der Waals surface area contributed by atoms with E-state index in [0.717, 1.165) is 11.6 Å². The first-order chi connectivity index (χ1) is 13.9. The van der Waals surface area contributed by atoms with Crippen LogP contribution in [-0.4, -0.2) is 31.9 Å². The van der Waals surface area contributed by atoms with Crippen LogP contribution in [0.15, 0.2) is 70.4 Å². The first-order valence-electron chi connectivity index (χ1n) is 8.87. The molecule has 1 N–H and O–H groups in total. The van der Waals surface area contributed by atoms with Gasteiger partial charge in [-0.15, -0.1) is 0 Å². The molecule has 0 bridgehead atoms. The van der Waals surface area contributed by atoms with Gasteiger partial charge in [-0.05, 0) is 30.7 Å². The van der Waals surface area contributed by atoms with Gasteiger partial charge in [0.2, 0.25) is 10.0 Å². The molecule has 29 heavy (non-hydrogen) atoms. The Balaban J connectivity index is 1.63. The molecule has 0 unspecified atom stereocenters. The molecule has 0 amide bonds. The first kappa shape index (κ1) is 20.7. The lowest BCUT2D eigenvalue weighted by molar-refractivity contribution is 0.385. The minimum absolute atomic E-state index is 0.0345. The molecule has 3 rings (SSSR count). The van der Waals surface area contributed by atoms with Crippen molar-refractivity contribution in [3.63, 3.8) is 0 Å². The summed E-state index contributed by atoms with van der Waals surface area (Å²) in [5.74, 6) is -0.795. The number of halogens is 1. The molecule has 0 saturated carbocycles. The van der Waals surface area contributed by atoms with Gasteiger partial charge in [-0.1, -0.05) is 30.3 Å². The molecule has 0 aliphatic heterocycles. The maximum Gasteiger partial charge on any atom is 0.266 e. The van der Waals surface area contributed by atoms with Gasteiger partial charge >= 0.3 is 0 Å². The fourth-order valence-electron chi connectivity index (χ4n) is 2.70. The van der Waals surface area contributed by atoms with Gasteiger partial charge in [-0.25, -0.2) is 22.2 Å². The van der Waals surface area contributed by atoms with Gasteiger partial charge in [0, 0.05) is 24.7 Å². The number of aryl methyl sites for hydroxylation is 1. The number of hydrogen-bond donors (Lipinski definition) is 1. The number of ether oxygens (including phenoxy) is 1. The van der Waals surface area contributed by atoms with Gasteiger partial charge in [-0.3, -0.25) is 4.79 Å². The Bertz CT molecular complexity index is 1150. The molecule has 0 aliphatic rings. The third kappa shape index (κ3) is 5.07. The molecule has 0 fully saturated rings. The predicted octanol–water partition coefficient (Wildman–Crippen LogP) is 2.43. The van der Waals surface area contributed by atoms with Crippen molar-refractivity contribution in [2.75, 3.05) is 13.7 Å². The van der Waals surface area contributed by atoms with E-state index in [1.165, 1.54) is 30.0 Å². The van der Waals surface area contributed by atoms with Crippen molar-refractivity contribution < 1.29 is 17.5 Å². The zero-order valence-electron chi connectivity index (χ0n) is 15.7. The third-order valence-electron chi connectivity index (χ3n) is 4.21. The smallest absolute Gasteiger partial charge is 0.266 e. The van der Waals surface area contributed by atoms with Crippen LogP contribution in [0.5, 0.6) is 5.75 Å². The van der Waals surface area contributed by atoms with Gasteiger partial charge in [-0.2, -0.15) is 5.10 Å². The average Bonchev–Trinajstić information content (AvgIpc) is 2.73. The average molecular weight is 417 g/mol. The molecule has 7 nitrogen and oxygen atoms in total. The van der Waals surface area contributed by atoms with E-state index in [0.29, 0.717) is 12.1 Å². The van der Waals surface area contributed by atoms with Crippen molar-refractivity contribution in [3.05, 3.63) is 76.8 Å². The SMILES string of the molecule is COc1ccc(S(=O)(=O)NCCCn2nc(-c3ccccc3)ccc2=O)cc1F. The fraction of sp³-hybridized carbons (Fsp3) is 0.200. The fourth-order valence-corrected chi connectivity index (χ4v) is 3.79. The van der Waals surface area contributed by atoms with Gasteiger partial charge in [0.05, 0.1) is 17.7 Å². The monoisotopic (exact) mass is 417 g/mol. The van der Waals surface area contributed by atoms with E-state index < -0.39 is 15.8 Å². The molecule has 0 saturated heterocycles. The van der Waals surface area contributed by atoms with Crippen molar-refractivity contribution in [1.29, 1.82) is 0 Å². The van der Waals surface area contributed by atoms with Crippen LogP contribution in [-0.2, 0) is 16.6 Å². The predicted molar refractivity (Wildman–Crippen MR) is 107 cm³/mol. The van der Waals surface area contributed by atoms with Gasteiger partial charge in [0.1, 0.15) is 0 Å². The minimum Gasteiger partial charge on any atom is -0.494 e. The van der Waals surface area contributed by atoms with Gasteiger partial charge in [0.25, 0.3) is 5.56 Å². The Morgan fingerprint density at radius 3 is 2.55 bits per heavy atom. The summed E-state index contributed by atoms with van der Waals surface area (Å²) in [6.45, 7) is 0.304. The molecule has 1 aromatic heterocycles. The van der Waals surface area contributed by atoms with Crippen LogP contribution < -0.4 is 15.0 Å². The van der Waals surface area contributed by atoms with Crippen LogP contribution >= 0.6 is 0 Å². The molecule has 152 valence electrons.